The number of esters is 1. The molecule has 0 aliphatic rings. The van der Waals surface area contributed by atoms with Crippen molar-refractivity contribution in [3.63, 3.8) is 0 Å². The third kappa shape index (κ3) is 8.12. The molecule has 17 heavy (non-hydrogen) atoms. The average molecular weight is 260 g/mol. The molecule has 0 spiro atoms. The molecule has 5 heteroatoms. The molecule has 0 saturated carbocycles. The second kappa shape index (κ2) is 9.38. The SMILES string of the molecule is C=CC(=O)OCCCCO[Si](C)(CCC)OC. The Morgan fingerprint density at radius 2 is 2.00 bits per heavy atom. The number of carbonyl (C=O) groups excluding carboxylic acids is 1. The first-order chi connectivity index (χ1) is 8.08. The predicted octanol–water partition coefficient (Wildman–Crippen LogP) is 2.64. The van der Waals surface area contributed by atoms with Gasteiger partial charge in [0, 0.05) is 19.8 Å². The Morgan fingerprint density at radius 1 is 1.35 bits per heavy atom. The summed E-state index contributed by atoms with van der Waals surface area (Å²) in [5.41, 5.74) is 0. The molecule has 0 radical (unpaired) electrons. The summed E-state index contributed by atoms with van der Waals surface area (Å²) in [4.78, 5) is 10.8. The Bertz CT molecular complexity index is 233. The van der Waals surface area contributed by atoms with E-state index in [1.807, 2.05) is 0 Å². The minimum atomic E-state index is -1.94. The van der Waals surface area contributed by atoms with Crippen LogP contribution in [0.1, 0.15) is 26.2 Å². The van der Waals surface area contributed by atoms with Gasteiger partial charge in [0.05, 0.1) is 6.61 Å². The molecule has 0 aliphatic carbocycles. The van der Waals surface area contributed by atoms with Gasteiger partial charge in [0.15, 0.2) is 0 Å². The first kappa shape index (κ1) is 16.3. The lowest BCUT2D eigenvalue weighted by Gasteiger charge is -2.24. The van der Waals surface area contributed by atoms with E-state index in [1.54, 1.807) is 7.11 Å². The molecule has 0 fully saturated rings. The quantitative estimate of drug-likeness (QED) is 0.262. The van der Waals surface area contributed by atoms with Crippen molar-refractivity contribution in [3.8, 4) is 0 Å². The van der Waals surface area contributed by atoms with E-state index in [-0.39, 0.29) is 5.97 Å². The van der Waals surface area contributed by atoms with E-state index in [0.29, 0.717) is 13.2 Å². The van der Waals surface area contributed by atoms with Gasteiger partial charge < -0.3 is 13.6 Å². The van der Waals surface area contributed by atoms with Gasteiger partial charge in [-0.15, -0.1) is 0 Å². The van der Waals surface area contributed by atoms with Gasteiger partial charge in [0.1, 0.15) is 0 Å². The van der Waals surface area contributed by atoms with Crippen LogP contribution in [0.25, 0.3) is 0 Å². The summed E-state index contributed by atoms with van der Waals surface area (Å²) >= 11 is 0. The molecule has 4 nitrogen and oxygen atoms in total. The topological polar surface area (TPSA) is 44.8 Å². The molecule has 0 N–H and O–H groups in total. The summed E-state index contributed by atoms with van der Waals surface area (Å²) in [7, 11) is -0.220. The van der Waals surface area contributed by atoms with Gasteiger partial charge in [-0.1, -0.05) is 19.9 Å². The van der Waals surface area contributed by atoms with Crippen LogP contribution in [0, 0.1) is 0 Å². The predicted molar refractivity (Wildman–Crippen MR) is 70.1 cm³/mol. The van der Waals surface area contributed by atoms with Gasteiger partial charge in [0.2, 0.25) is 0 Å². The molecule has 1 unspecified atom stereocenters. The number of carbonyl (C=O) groups is 1. The lowest BCUT2D eigenvalue weighted by atomic mass is 10.3. The van der Waals surface area contributed by atoms with E-state index in [4.69, 9.17) is 13.6 Å². The third-order valence-corrected chi connectivity index (χ3v) is 5.58. The summed E-state index contributed by atoms with van der Waals surface area (Å²) in [6.45, 7) is 8.63. The van der Waals surface area contributed by atoms with Crippen molar-refractivity contribution in [2.24, 2.45) is 0 Å². The molecular formula is C12H24O4Si. The summed E-state index contributed by atoms with van der Waals surface area (Å²) in [6, 6.07) is 1.01. The minimum Gasteiger partial charge on any atom is -0.463 e. The lowest BCUT2D eigenvalue weighted by molar-refractivity contribution is -0.137. The fourth-order valence-corrected chi connectivity index (χ4v) is 3.36. The van der Waals surface area contributed by atoms with Crippen LogP contribution in [0.2, 0.25) is 12.6 Å². The largest absolute Gasteiger partial charge is 0.463 e. The highest BCUT2D eigenvalue weighted by Gasteiger charge is 2.28. The first-order valence-electron chi connectivity index (χ1n) is 6.06. The van der Waals surface area contributed by atoms with Crippen LogP contribution in [0.5, 0.6) is 0 Å². The molecule has 100 valence electrons. The molecular weight excluding hydrogens is 236 g/mol. The van der Waals surface area contributed by atoms with Crippen LogP contribution in [0.4, 0.5) is 0 Å². The molecule has 0 saturated heterocycles. The van der Waals surface area contributed by atoms with E-state index in [9.17, 15) is 4.79 Å². The number of hydrogen-bond donors (Lipinski definition) is 0. The Kier molecular flexibility index (Phi) is 9.02. The van der Waals surface area contributed by atoms with Crippen LogP contribution in [0.3, 0.4) is 0 Å². The zero-order valence-electron chi connectivity index (χ0n) is 11.2. The Morgan fingerprint density at radius 3 is 2.53 bits per heavy atom. The Balaban J connectivity index is 3.55. The summed E-state index contributed by atoms with van der Waals surface area (Å²) in [5, 5.41) is 0. The zero-order valence-corrected chi connectivity index (χ0v) is 12.2. The van der Waals surface area contributed by atoms with Crippen molar-refractivity contribution < 1.29 is 18.4 Å². The van der Waals surface area contributed by atoms with Crippen molar-refractivity contribution in [3.05, 3.63) is 12.7 Å². The molecule has 0 aromatic heterocycles. The van der Waals surface area contributed by atoms with Gasteiger partial charge in [-0.2, -0.15) is 0 Å². The van der Waals surface area contributed by atoms with Crippen molar-refractivity contribution in [1.82, 2.24) is 0 Å². The monoisotopic (exact) mass is 260 g/mol. The highest BCUT2D eigenvalue weighted by Crippen LogP contribution is 2.14. The lowest BCUT2D eigenvalue weighted by Crippen LogP contribution is -2.37. The van der Waals surface area contributed by atoms with E-state index in [0.717, 1.165) is 25.3 Å². The van der Waals surface area contributed by atoms with Crippen molar-refractivity contribution >= 4 is 14.5 Å². The van der Waals surface area contributed by atoms with Crippen molar-refractivity contribution in [1.29, 1.82) is 0 Å². The summed E-state index contributed by atoms with van der Waals surface area (Å²) in [5.74, 6) is -0.368. The molecule has 0 rings (SSSR count). The van der Waals surface area contributed by atoms with Crippen LogP contribution in [-0.2, 0) is 18.4 Å². The fourth-order valence-electron chi connectivity index (χ4n) is 1.41. The molecule has 0 aliphatic heterocycles. The first-order valence-corrected chi connectivity index (χ1v) is 8.58. The number of ether oxygens (including phenoxy) is 1. The van der Waals surface area contributed by atoms with Gasteiger partial charge in [-0.25, -0.2) is 4.79 Å². The number of hydrogen-bond acceptors (Lipinski definition) is 4. The molecule has 0 bridgehead atoms. The minimum absolute atomic E-state index is 0.368. The van der Waals surface area contributed by atoms with Gasteiger partial charge >= 0.3 is 14.5 Å². The highest BCUT2D eigenvalue weighted by atomic mass is 28.4. The third-order valence-electron chi connectivity index (χ3n) is 2.49. The number of unbranched alkanes of at least 4 members (excludes halogenated alkanes) is 1. The maximum absolute atomic E-state index is 10.8. The van der Waals surface area contributed by atoms with Crippen molar-refractivity contribution in [2.45, 2.75) is 38.8 Å². The highest BCUT2D eigenvalue weighted by molar-refractivity contribution is 6.65. The maximum atomic E-state index is 10.8. The van der Waals surface area contributed by atoms with E-state index in [2.05, 4.69) is 20.0 Å². The average Bonchev–Trinajstić information content (AvgIpc) is 2.33. The van der Waals surface area contributed by atoms with Crippen LogP contribution in [0.15, 0.2) is 12.7 Å². The van der Waals surface area contributed by atoms with Crippen LogP contribution >= 0.6 is 0 Å². The Labute approximate surface area is 105 Å². The number of rotatable bonds is 10. The maximum Gasteiger partial charge on any atom is 0.334 e. The second-order valence-electron chi connectivity index (χ2n) is 4.02. The molecule has 0 aromatic carbocycles. The zero-order chi connectivity index (χ0) is 13.1. The van der Waals surface area contributed by atoms with E-state index < -0.39 is 8.56 Å². The fraction of sp³-hybridized carbons (Fsp3) is 0.750. The van der Waals surface area contributed by atoms with Crippen LogP contribution in [-0.4, -0.2) is 34.9 Å². The molecule has 0 aromatic rings. The normalized spacial score (nSPS) is 14.1. The molecule has 0 heterocycles. The summed E-state index contributed by atoms with van der Waals surface area (Å²) in [6.07, 6.45) is 3.93. The molecule has 1 atom stereocenters. The standard InChI is InChI=1S/C12H24O4Si/c1-5-11-17(4,14-3)16-10-8-7-9-15-12(13)6-2/h6H,2,5,7-11H2,1,3-4H3. The van der Waals surface area contributed by atoms with Crippen molar-refractivity contribution in [2.75, 3.05) is 20.3 Å². The van der Waals surface area contributed by atoms with E-state index >= 15 is 0 Å². The van der Waals surface area contributed by atoms with Crippen LogP contribution < -0.4 is 0 Å². The molecule has 0 amide bonds. The Hall–Kier alpha value is -0.653. The smallest absolute Gasteiger partial charge is 0.334 e. The van der Waals surface area contributed by atoms with Gasteiger partial charge in [-0.3, -0.25) is 0 Å². The van der Waals surface area contributed by atoms with E-state index in [1.165, 1.54) is 6.08 Å². The van der Waals surface area contributed by atoms with Gasteiger partial charge in [-0.05, 0) is 25.4 Å². The summed E-state index contributed by atoms with van der Waals surface area (Å²) < 4.78 is 16.1. The van der Waals surface area contributed by atoms with Gasteiger partial charge in [0.25, 0.3) is 0 Å². The second-order valence-corrected chi connectivity index (χ2v) is 7.48.